The zero-order chi connectivity index (χ0) is 10.7. The molecule has 1 aliphatic heterocycles. The highest BCUT2D eigenvalue weighted by molar-refractivity contribution is 5.84. The van der Waals surface area contributed by atoms with Crippen LogP contribution in [0.5, 0.6) is 0 Å². The van der Waals surface area contributed by atoms with E-state index in [-0.39, 0.29) is 6.04 Å². The fourth-order valence-electron chi connectivity index (χ4n) is 2.95. The minimum Gasteiger partial charge on any atom is -0.298 e. The van der Waals surface area contributed by atoms with E-state index in [1.54, 1.807) is 0 Å². The number of carbonyl (C=O) groups is 1. The van der Waals surface area contributed by atoms with Crippen LogP contribution in [0.1, 0.15) is 51.9 Å². The summed E-state index contributed by atoms with van der Waals surface area (Å²) in [4.78, 5) is 14.3. The molecule has 2 fully saturated rings. The van der Waals surface area contributed by atoms with Gasteiger partial charge >= 0.3 is 0 Å². The van der Waals surface area contributed by atoms with Crippen LogP contribution in [-0.4, -0.2) is 29.8 Å². The highest BCUT2D eigenvalue weighted by Gasteiger charge is 2.28. The zero-order valence-corrected chi connectivity index (χ0v) is 9.87. The topological polar surface area (TPSA) is 20.3 Å². The molecular formula is C13H23NO. The van der Waals surface area contributed by atoms with E-state index in [2.05, 4.69) is 11.8 Å². The van der Waals surface area contributed by atoms with E-state index in [9.17, 15) is 4.79 Å². The van der Waals surface area contributed by atoms with Gasteiger partial charge in [0.2, 0.25) is 0 Å². The maximum absolute atomic E-state index is 11.8. The highest BCUT2D eigenvalue weighted by atomic mass is 16.1. The second-order valence-electron chi connectivity index (χ2n) is 5.30. The molecule has 2 unspecified atom stereocenters. The molecule has 0 radical (unpaired) electrons. The van der Waals surface area contributed by atoms with Gasteiger partial charge in [-0.15, -0.1) is 0 Å². The third-order valence-corrected chi connectivity index (χ3v) is 4.01. The summed E-state index contributed by atoms with van der Waals surface area (Å²) in [6.45, 7) is 4.64. The summed E-state index contributed by atoms with van der Waals surface area (Å²) in [5.41, 5.74) is 0. The van der Waals surface area contributed by atoms with Crippen molar-refractivity contribution in [1.82, 2.24) is 4.90 Å². The van der Waals surface area contributed by atoms with Crippen molar-refractivity contribution in [2.75, 3.05) is 13.1 Å². The normalized spacial score (nSPS) is 35.1. The smallest absolute Gasteiger partial charge is 0.149 e. The quantitative estimate of drug-likeness (QED) is 0.661. The maximum Gasteiger partial charge on any atom is 0.149 e. The summed E-state index contributed by atoms with van der Waals surface area (Å²) in [6, 6.07) is 0.282. The molecule has 2 atom stereocenters. The molecule has 1 heterocycles. The zero-order valence-electron chi connectivity index (χ0n) is 9.87. The number of Topliss-reactive ketones (excluding diaryl/α,β-unsaturated/α-hetero) is 1. The van der Waals surface area contributed by atoms with Gasteiger partial charge in [-0.2, -0.15) is 0 Å². The number of hydrogen-bond donors (Lipinski definition) is 0. The first kappa shape index (κ1) is 11.1. The Labute approximate surface area is 93.0 Å². The van der Waals surface area contributed by atoms with E-state index in [4.69, 9.17) is 0 Å². The first-order valence-electron chi connectivity index (χ1n) is 6.54. The van der Waals surface area contributed by atoms with Gasteiger partial charge in [0.1, 0.15) is 5.78 Å². The van der Waals surface area contributed by atoms with Gasteiger partial charge in [-0.1, -0.05) is 13.3 Å². The Hall–Kier alpha value is -0.370. The summed E-state index contributed by atoms with van der Waals surface area (Å²) in [6.07, 6.45) is 8.23. The van der Waals surface area contributed by atoms with Crippen molar-refractivity contribution in [3.05, 3.63) is 0 Å². The summed E-state index contributed by atoms with van der Waals surface area (Å²) < 4.78 is 0. The fourth-order valence-corrected chi connectivity index (χ4v) is 2.95. The third-order valence-electron chi connectivity index (χ3n) is 4.01. The van der Waals surface area contributed by atoms with E-state index in [0.29, 0.717) is 5.78 Å². The van der Waals surface area contributed by atoms with Crippen LogP contribution in [0.3, 0.4) is 0 Å². The Morgan fingerprint density at radius 1 is 1.07 bits per heavy atom. The van der Waals surface area contributed by atoms with Crippen LogP contribution < -0.4 is 0 Å². The number of carbonyl (C=O) groups excluding carboxylic acids is 1. The Morgan fingerprint density at radius 2 is 1.93 bits per heavy atom. The van der Waals surface area contributed by atoms with E-state index in [0.717, 1.165) is 38.3 Å². The number of nitrogens with zero attached hydrogens (tertiary/aromatic N) is 1. The van der Waals surface area contributed by atoms with Gasteiger partial charge in [0.05, 0.1) is 6.04 Å². The molecule has 0 aromatic carbocycles. The summed E-state index contributed by atoms with van der Waals surface area (Å²) >= 11 is 0. The lowest BCUT2D eigenvalue weighted by molar-refractivity contribution is -0.126. The van der Waals surface area contributed by atoms with E-state index in [1.807, 2.05) is 0 Å². The van der Waals surface area contributed by atoms with Crippen LogP contribution in [0.25, 0.3) is 0 Å². The molecule has 0 spiro atoms. The number of hydrogen-bond acceptors (Lipinski definition) is 2. The molecule has 0 aromatic heterocycles. The molecule has 15 heavy (non-hydrogen) atoms. The molecule has 1 saturated heterocycles. The lowest BCUT2D eigenvalue weighted by atomic mass is 9.92. The lowest BCUT2D eigenvalue weighted by Gasteiger charge is -2.32. The molecule has 86 valence electrons. The van der Waals surface area contributed by atoms with Gasteiger partial charge in [-0.05, 0) is 51.1 Å². The van der Waals surface area contributed by atoms with Gasteiger partial charge in [-0.3, -0.25) is 9.69 Å². The predicted molar refractivity (Wildman–Crippen MR) is 61.9 cm³/mol. The van der Waals surface area contributed by atoms with Crippen LogP contribution in [0, 0.1) is 5.92 Å². The van der Waals surface area contributed by atoms with Gasteiger partial charge in [0, 0.05) is 6.42 Å². The van der Waals surface area contributed by atoms with Gasteiger partial charge in [0.15, 0.2) is 0 Å². The molecule has 0 N–H and O–H groups in total. The van der Waals surface area contributed by atoms with Crippen LogP contribution in [0.15, 0.2) is 0 Å². The van der Waals surface area contributed by atoms with Crippen LogP contribution >= 0.6 is 0 Å². The highest BCUT2D eigenvalue weighted by Crippen LogP contribution is 2.24. The van der Waals surface area contributed by atoms with Crippen molar-refractivity contribution in [1.29, 1.82) is 0 Å². The maximum atomic E-state index is 11.8. The SMILES string of the molecule is CC1CCCN(C2CCCCC2=O)CC1. The second-order valence-corrected chi connectivity index (χ2v) is 5.30. The number of ketones is 1. The monoisotopic (exact) mass is 209 g/mol. The van der Waals surface area contributed by atoms with Crippen LogP contribution in [0.2, 0.25) is 0 Å². The van der Waals surface area contributed by atoms with Crippen molar-refractivity contribution in [3.8, 4) is 0 Å². The summed E-state index contributed by atoms with van der Waals surface area (Å²) in [5, 5.41) is 0. The lowest BCUT2D eigenvalue weighted by Crippen LogP contribution is -2.43. The van der Waals surface area contributed by atoms with Crippen molar-refractivity contribution >= 4 is 5.78 Å². The molecule has 1 saturated carbocycles. The van der Waals surface area contributed by atoms with Crippen molar-refractivity contribution in [2.24, 2.45) is 5.92 Å². The third kappa shape index (κ3) is 2.81. The van der Waals surface area contributed by atoms with E-state index >= 15 is 0 Å². The molecular weight excluding hydrogens is 186 g/mol. The summed E-state index contributed by atoms with van der Waals surface area (Å²) in [7, 11) is 0. The van der Waals surface area contributed by atoms with Crippen molar-refractivity contribution < 1.29 is 4.79 Å². The molecule has 0 aromatic rings. The molecule has 2 heteroatoms. The van der Waals surface area contributed by atoms with Gasteiger partial charge in [0.25, 0.3) is 0 Å². The van der Waals surface area contributed by atoms with Crippen molar-refractivity contribution in [2.45, 2.75) is 57.9 Å². The van der Waals surface area contributed by atoms with E-state index in [1.165, 1.54) is 25.7 Å². The second kappa shape index (κ2) is 5.11. The minimum absolute atomic E-state index is 0.282. The minimum atomic E-state index is 0.282. The Kier molecular flexibility index (Phi) is 3.79. The molecule has 0 amide bonds. The largest absolute Gasteiger partial charge is 0.298 e. The van der Waals surface area contributed by atoms with E-state index < -0.39 is 0 Å². The van der Waals surface area contributed by atoms with Crippen LogP contribution in [0.4, 0.5) is 0 Å². The average molecular weight is 209 g/mol. The summed E-state index contributed by atoms with van der Waals surface area (Å²) in [5.74, 6) is 1.37. The molecule has 2 rings (SSSR count). The molecule has 1 aliphatic carbocycles. The van der Waals surface area contributed by atoms with Crippen LogP contribution in [-0.2, 0) is 4.79 Å². The molecule has 2 nitrogen and oxygen atoms in total. The molecule has 0 bridgehead atoms. The standard InChI is InChI=1S/C13H23NO/c1-11-5-4-9-14(10-8-11)12-6-2-3-7-13(12)15/h11-12H,2-10H2,1H3. The number of likely N-dealkylation sites (tertiary alicyclic amines) is 1. The Bertz CT molecular complexity index is 227. The van der Waals surface area contributed by atoms with Gasteiger partial charge < -0.3 is 0 Å². The predicted octanol–water partition coefficient (Wildman–Crippen LogP) is 2.62. The average Bonchev–Trinajstić information content (AvgIpc) is 2.44. The first-order chi connectivity index (χ1) is 7.27. The fraction of sp³-hybridized carbons (Fsp3) is 0.923. The van der Waals surface area contributed by atoms with Crippen molar-refractivity contribution in [3.63, 3.8) is 0 Å². The first-order valence-corrected chi connectivity index (χ1v) is 6.54. The number of rotatable bonds is 1. The molecule has 2 aliphatic rings. The van der Waals surface area contributed by atoms with Gasteiger partial charge in [-0.25, -0.2) is 0 Å². The Morgan fingerprint density at radius 3 is 2.73 bits per heavy atom. The Balaban J connectivity index is 1.93.